The summed E-state index contributed by atoms with van der Waals surface area (Å²) in [7, 11) is 3.29. The maximum Gasteiger partial charge on any atom is 0.174 e. The average Bonchev–Trinajstić information content (AvgIpc) is 3.09. The van der Waals surface area contributed by atoms with Crippen LogP contribution >= 0.6 is 39.1 Å². The Morgan fingerprint density at radius 1 is 1.12 bits per heavy atom. The van der Waals surface area contributed by atoms with Crippen molar-refractivity contribution in [3.05, 3.63) is 62.1 Å². The summed E-state index contributed by atoms with van der Waals surface area (Å²) in [4.78, 5) is 0. The van der Waals surface area contributed by atoms with Gasteiger partial charge in [-0.15, -0.1) is 0 Å². The molecule has 3 nitrogen and oxygen atoms in total. The zero-order valence-electron chi connectivity index (χ0n) is 14.4. The normalized spacial score (nSPS) is 23.2. The molecule has 1 N–H and O–H groups in total. The van der Waals surface area contributed by atoms with Gasteiger partial charge in [0, 0.05) is 27.2 Å². The van der Waals surface area contributed by atoms with Gasteiger partial charge in [0.25, 0.3) is 0 Å². The van der Waals surface area contributed by atoms with Crippen molar-refractivity contribution < 1.29 is 9.47 Å². The van der Waals surface area contributed by atoms with Gasteiger partial charge in [-0.3, -0.25) is 0 Å². The lowest BCUT2D eigenvalue weighted by molar-refractivity contribution is 0.351. The van der Waals surface area contributed by atoms with E-state index in [1.165, 1.54) is 0 Å². The maximum atomic E-state index is 6.52. The predicted molar refractivity (Wildman–Crippen MR) is 110 cm³/mol. The van der Waals surface area contributed by atoms with E-state index < -0.39 is 0 Å². The number of allylic oxidation sites excluding steroid dienone is 2. The zero-order valence-corrected chi connectivity index (χ0v) is 17.5. The molecule has 0 fully saturated rings. The lowest BCUT2D eigenvalue weighted by atomic mass is 9.77. The summed E-state index contributed by atoms with van der Waals surface area (Å²) in [6.07, 6.45) is 5.49. The largest absolute Gasteiger partial charge is 0.493 e. The van der Waals surface area contributed by atoms with Crippen LogP contribution in [-0.2, 0) is 0 Å². The van der Waals surface area contributed by atoms with Crippen LogP contribution in [0.25, 0.3) is 0 Å². The Balaban J connectivity index is 1.82. The van der Waals surface area contributed by atoms with Crippen LogP contribution in [0.1, 0.15) is 29.5 Å². The summed E-state index contributed by atoms with van der Waals surface area (Å²) < 4.78 is 11.8. The first-order valence-corrected chi connectivity index (χ1v) is 9.92. The van der Waals surface area contributed by atoms with Gasteiger partial charge >= 0.3 is 0 Å². The summed E-state index contributed by atoms with van der Waals surface area (Å²) >= 11 is 16.4. The van der Waals surface area contributed by atoms with Crippen LogP contribution in [-0.4, -0.2) is 14.2 Å². The van der Waals surface area contributed by atoms with Gasteiger partial charge in [0.2, 0.25) is 0 Å². The standard InChI is InChI=1S/C20H18BrCl2NO2/c1-25-17-7-10(6-14(21)20(17)26-2)19-13-5-3-4-12(13)18-15(23)8-11(22)9-16(18)24-19/h3-4,6-9,12-13,19,24H,5H2,1-2H3. The fourth-order valence-corrected chi connectivity index (χ4v) is 5.33. The van der Waals surface area contributed by atoms with Gasteiger partial charge in [0.05, 0.1) is 24.7 Å². The molecule has 1 aliphatic carbocycles. The smallest absolute Gasteiger partial charge is 0.174 e. The number of methoxy groups -OCH3 is 2. The van der Waals surface area contributed by atoms with Crippen molar-refractivity contribution in [1.82, 2.24) is 0 Å². The molecule has 0 saturated carbocycles. The molecule has 0 radical (unpaired) electrons. The molecule has 2 aromatic rings. The molecule has 0 aromatic heterocycles. The second-order valence-corrected chi connectivity index (χ2v) is 8.26. The lowest BCUT2D eigenvalue weighted by Crippen LogP contribution is -2.29. The third-order valence-corrected chi connectivity index (χ3v) is 6.31. The van der Waals surface area contributed by atoms with Gasteiger partial charge in [0.1, 0.15) is 0 Å². The number of nitrogens with one attached hydrogen (secondary N) is 1. The van der Waals surface area contributed by atoms with Crippen molar-refractivity contribution in [2.24, 2.45) is 5.92 Å². The number of halogens is 3. The molecule has 26 heavy (non-hydrogen) atoms. The lowest BCUT2D eigenvalue weighted by Gasteiger charge is -2.38. The zero-order chi connectivity index (χ0) is 18.4. The highest BCUT2D eigenvalue weighted by Crippen LogP contribution is 2.53. The van der Waals surface area contributed by atoms with Crippen LogP contribution in [0.2, 0.25) is 10.0 Å². The van der Waals surface area contributed by atoms with Crippen molar-refractivity contribution in [2.45, 2.75) is 18.4 Å². The van der Waals surface area contributed by atoms with Gasteiger partial charge < -0.3 is 14.8 Å². The van der Waals surface area contributed by atoms with Crippen molar-refractivity contribution in [3.8, 4) is 11.5 Å². The summed E-state index contributed by atoms with van der Waals surface area (Å²) in [6.45, 7) is 0. The molecule has 4 rings (SSSR count). The Kier molecular flexibility index (Phi) is 4.84. The molecule has 3 unspecified atom stereocenters. The molecule has 6 heteroatoms. The molecule has 2 aromatic carbocycles. The highest BCUT2D eigenvalue weighted by Gasteiger charge is 2.39. The van der Waals surface area contributed by atoms with E-state index in [0.29, 0.717) is 27.5 Å². The topological polar surface area (TPSA) is 30.5 Å². The highest BCUT2D eigenvalue weighted by atomic mass is 79.9. The second kappa shape index (κ2) is 6.99. The minimum Gasteiger partial charge on any atom is -0.493 e. The van der Waals surface area contributed by atoms with E-state index in [9.17, 15) is 0 Å². The fourth-order valence-electron chi connectivity index (χ4n) is 4.09. The Labute approximate surface area is 171 Å². The Hall–Kier alpha value is -1.36. The molecule has 2 aliphatic rings. The molecule has 0 saturated heterocycles. The number of anilines is 1. The minimum atomic E-state index is 0.119. The van der Waals surface area contributed by atoms with Crippen molar-refractivity contribution >= 4 is 44.8 Å². The maximum absolute atomic E-state index is 6.52. The quantitative estimate of drug-likeness (QED) is 0.530. The number of fused-ring (bicyclic) bond motifs is 3. The Morgan fingerprint density at radius 3 is 2.65 bits per heavy atom. The predicted octanol–water partition coefficient (Wildman–Crippen LogP) is 6.60. The first kappa shape index (κ1) is 18.0. The molecular formula is C20H18BrCl2NO2. The van der Waals surface area contributed by atoms with Crippen LogP contribution in [0, 0.1) is 5.92 Å². The van der Waals surface area contributed by atoms with Gasteiger partial charge in [-0.1, -0.05) is 35.4 Å². The average molecular weight is 455 g/mol. The van der Waals surface area contributed by atoms with Crippen LogP contribution in [0.4, 0.5) is 5.69 Å². The summed E-state index contributed by atoms with van der Waals surface area (Å²) in [6, 6.07) is 8.01. The number of benzene rings is 2. The van der Waals surface area contributed by atoms with Gasteiger partial charge in [-0.2, -0.15) is 0 Å². The Bertz CT molecular complexity index is 900. The van der Waals surface area contributed by atoms with Crippen molar-refractivity contribution in [1.29, 1.82) is 0 Å². The SMILES string of the molecule is COc1cc(C2Nc3cc(Cl)cc(Cl)c3C3C=CCC32)cc(Br)c1OC. The monoisotopic (exact) mass is 453 g/mol. The second-order valence-electron chi connectivity index (χ2n) is 6.56. The summed E-state index contributed by atoms with van der Waals surface area (Å²) in [5.74, 6) is 2.05. The van der Waals surface area contributed by atoms with Crippen LogP contribution in [0.5, 0.6) is 11.5 Å². The van der Waals surface area contributed by atoms with Gasteiger partial charge in [0.15, 0.2) is 11.5 Å². The van der Waals surface area contributed by atoms with E-state index in [0.717, 1.165) is 27.7 Å². The number of ether oxygens (including phenoxy) is 2. The van der Waals surface area contributed by atoms with Gasteiger partial charge in [-0.05, 0) is 58.1 Å². The number of hydrogen-bond acceptors (Lipinski definition) is 3. The van der Waals surface area contributed by atoms with Crippen LogP contribution in [0.3, 0.4) is 0 Å². The molecule has 0 spiro atoms. The molecule has 3 atom stereocenters. The van der Waals surface area contributed by atoms with Crippen LogP contribution < -0.4 is 14.8 Å². The van der Waals surface area contributed by atoms with E-state index in [1.807, 2.05) is 18.2 Å². The first-order valence-electron chi connectivity index (χ1n) is 8.37. The third-order valence-electron chi connectivity index (χ3n) is 5.19. The minimum absolute atomic E-state index is 0.119. The molecule has 1 heterocycles. The van der Waals surface area contributed by atoms with Crippen molar-refractivity contribution in [3.63, 3.8) is 0 Å². The Morgan fingerprint density at radius 2 is 1.92 bits per heavy atom. The van der Waals surface area contributed by atoms with Crippen molar-refractivity contribution in [2.75, 3.05) is 19.5 Å². The number of hydrogen-bond donors (Lipinski definition) is 1. The van der Waals surface area contributed by atoms with E-state index in [-0.39, 0.29) is 12.0 Å². The van der Waals surface area contributed by atoms with Crippen LogP contribution in [0.15, 0.2) is 40.9 Å². The van der Waals surface area contributed by atoms with E-state index in [1.54, 1.807) is 14.2 Å². The summed E-state index contributed by atoms with van der Waals surface area (Å²) in [5.41, 5.74) is 3.26. The van der Waals surface area contributed by atoms with E-state index in [2.05, 4.69) is 39.5 Å². The first-order chi connectivity index (χ1) is 12.5. The fraction of sp³-hybridized carbons (Fsp3) is 0.300. The molecule has 136 valence electrons. The molecule has 0 bridgehead atoms. The molecule has 0 amide bonds. The van der Waals surface area contributed by atoms with E-state index in [4.69, 9.17) is 32.7 Å². The highest BCUT2D eigenvalue weighted by molar-refractivity contribution is 9.10. The van der Waals surface area contributed by atoms with E-state index >= 15 is 0 Å². The number of rotatable bonds is 3. The van der Waals surface area contributed by atoms with Gasteiger partial charge in [-0.25, -0.2) is 0 Å². The summed E-state index contributed by atoms with van der Waals surface area (Å²) in [5, 5.41) is 5.01. The molecule has 1 aliphatic heterocycles. The third kappa shape index (κ3) is 2.88. The molecular weight excluding hydrogens is 437 g/mol.